The molecule has 6 nitrogen and oxygen atoms in total. The Balaban J connectivity index is 1.71. The highest BCUT2D eigenvalue weighted by Gasteiger charge is 2.55. The van der Waals surface area contributed by atoms with Gasteiger partial charge in [-0.15, -0.1) is 0 Å². The van der Waals surface area contributed by atoms with Crippen molar-refractivity contribution in [1.82, 2.24) is 14.5 Å². The number of para-hydroxylation sites is 1. The third kappa shape index (κ3) is 1.74. The van der Waals surface area contributed by atoms with Crippen LogP contribution in [0.2, 0.25) is 0 Å². The maximum Gasteiger partial charge on any atom is 0.328 e. The second-order valence-corrected chi connectivity index (χ2v) is 7.26. The fraction of sp³-hybridized carbons (Fsp3) is 0.300. The lowest BCUT2D eigenvalue weighted by Crippen LogP contribution is -2.39. The molecule has 3 aromatic rings. The average Bonchev–Trinajstić information content (AvgIpc) is 3.28. The maximum absolute atomic E-state index is 13.0. The molecule has 1 amide bonds. The van der Waals surface area contributed by atoms with E-state index in [4.69, 9.17) is 0 Å². The van der Waals surface area contributed by atoms with Gasteiger partial charge in [0.15, 0.2) is 0 Å². The smallest absolute Gasteiger partial charge is 0.325 e. The SMILES string of the molecule is Cn1c(=O)n(C)c2cc([C@@H]3NCC[C@@]34C(=O)Nc3ccccc34)ccc21. The van der Waals surface area contributed by atoms with Gasteiger partial charge < -0.3 is 10.6 Å². The molecule has 6 heteroatoms. The maximum atomic E-state index is 13.0. The van der Waals surface area contributed by atoms with Crippen LogP contribution in [0.25, 0.3) is 11.0 Å². The number of aromatic nitrogens is 2. The predicted octanol–water partition coefficient (Wildman–Crippen LogP) is 1.80. The fourth-order valence-corrected chi connectivity index (χ4v) is 4.71. The molecule has 2 N–H and O–H groups in total. The molecule has 2 aliphatic rings. The summed E-state index contributed by atoms with van der Waals surface area (Å²) in [6.07, 6.45) is 0.756. The second kappa shape index (κ2) is 5.08. The Hall–Kier alpha value is -2.86. The molecule has 132 valence electrons. The summed E-state index contributed by atoms with van der Waals surface area (Å²) in [7, 11) is 3.56. The topological polar surface area (TPSA) is 68.1 Å². The Kier molecular flexibility index (Phi) is 3.01. The van der Waals surface area contributed by atoms with Gasteiger partial charge in [-0.05, 0) is 42.3 Å². The summed E-state index contributed by atoms with van der Waals surface area (Å²) >= 11 is 0. The third-order valence-electron chi connectivity index (χ3n) is 6.05. The first-order valence-electron chi connectivity index (χ1n) is 8.84. The molecule has 0 saturated carbocycles. The number of anilines is 1. The number of imidazole rings is 1. The van der Waals surface area contributed by atoms with Crippen LogP contribution in [0.5, 0.6) is 0 Å². The summed E-state index contributed by atoms with van der Waals surface area (Å²) in [5.74, 6) is 0.0516. The predicted molar refractivity (Wildman–Crippen MR) is 100 cm³/mol. The number of aryl methyl sites for hydroxylation is 2. The number of fused-ring (bicyclic) bond motifs is 3. The molecule has 3 heterocycles. The van der Waals surface area contributed by atoms with E-state index in [-0.39, 0.29) is 17.6 Å². The van der Waals surface area contributed by atoms with Crippen molar-refractivity contribution in [1.29, 1.82) is 0 Å². The molecule has 0 aliphatic carbocycles. The molecule has 2 atom stereocenters. The van der Waals surface area contributed by atoms with Crippen molar-refractivity contribution in [2.75, 3.05) is 11.9 Å². The van der Waals surface area contributed by atoms with Crippen molar-refractivity contribution < 1.29 is 4.79 Å². The van der Waals surface area contributed by atoms with E-state index >= 15 is 0 Å². The van der Waals surface area contributed by atoms with Crippen LogP contribution in [0, 0.1) is 0 Å². The summed E-state index contributed by atoms with van der Waals surface area (Å²) in [6.45, 7) is 0.776. The van der Waals surface area contributed by atoms with E-state index in [1.165, 1.54) is 0 Å². The van der Waals surface area contributed by atoms with Gasteiger partial charge in [-0.25, -0.2) is 4.79 Å². The van der Waals surface area contributed by atoms with Crippen LogP contribution in [-0.4, -0.2) is 21.6 Å². The summed E-state index contributed by atoms with van der Waals surface area (Å²) in [6, 6.07) is 13.9. The van der Waals surface area contributed by atoms with Crippen LogP contribution >= 0.6 is 0 Å². The minimum absolute atomic E-state index is 0.0461. The summed E-state index contributed by atoms with van der Waals surface area (Å²) < 4.78 is 3.30. The highest BCUT2D eigenvalue weighted by molar-refractivity contribution is 6.07. The minimum atomic E-state index is -0.599. The van der Waals surface area contributed by atoms with E-state index in [0.717, 1.165) is 40.8 Å². The first-order valence-corrected chi connectivity index (χ1v) is 8.84. The van der Waals surface area contributed by atoms with Gasteiger partial charge in [-0.1, -0.05) is 24.3 Å². The molecule has 1 aromatic heterocycles. The zero-order valence-electron chi connectivity index (χ0n) is 14.7. The Morgan fingerprint density at radius 2 is 1.81 bits per heavy atom. The van der Waals surface area contributed by atoms with Crippen LogP contribution < -0.4 is 16.3 Å². The molecule has 1 spiro atoms. The van der Waals surface area contributed by atoms with Crippen LogP contribution in [0.15, 0.2) is 47.3 Å². The summed E-state index contributed by atoms with van der Waals surface area (Å²) in [5, 5.41) is 6.58. The van der Waals surface area contributed by atoms with E-state index in [1.807, 2.05) is 42.5 Å². The molecule has 2 aliphatic heterocycles. The number of benzene rings is 2. The van der Waals surface area contributed by atoms with Crippen molar-refractivity contribution in [3.63, 3.8) is 0 Å². The second-order valence-electron chi connectivity index (χ2n) is 7.26. The lowest BCUT2D eigenvalue weighted by atomic mass is 9.73. The van der Waals surface area contributed by atoms with Gasteiger partial charge in [0.2, 0.25) is 5.91 Å². The number of hydrogen-bond donors (Lipinski definition) is 2. The number of nitrogens with zero attached hydrogens (tertiary/aromatic N) is 2. The van der Waals surface area contributed by atoms with E-state index in [9.17, 15) is 9.59 Å². The Labute approximate surface area is 150 Å². The summed E-state index contributed by atoms with van der Waals surface area (Å²) in [4.78, 5) is 25.2. The van der Waals surface area contributed by atoms with E-state index < -0.39 is 5.41 Å². The standard InChI is InChI=1S/C20H20N4O2/c1-23-15-8-7-12(11-16(15)24(2)19(23)26)17-20(9-10-21-17)13-5-3-4-6-14(13)22-18(20)25/h3-8,11,17,21H,9-10H2,1-2H3,(H,22,25)/t17-,20-/m0/s1. The van der Waals surface area contributed by atoms with E-state index in [1.54, 1.807) is 23.2 Å². The molecule has 0 radical (unpaired) electrons. The van der Waals surface area contributed by atoms with Gasteiger partial charge >= 0.3 is 5.69 Å². The first-order chi connectivity index (χ1) is 12.5. The van der Waals surface area contributed by atoms with Gasteiger partial charge in [0.1, 0.15) is 0 Å². The van der Waals surface area contributed by atoms with Crippen molar-refractivity contribution in [2.45, 2.75) is 17.9 Å². The molecule has 26 heavy (non-hydrogen) atoms. The third-order valence-corrected chi connectivity index (χ3v) is 6.05. The monoisotopic (exact) mass is 348 g/mol. The molecule has 1 saturated heterocycles. The van der Waals surface area contributed by atoms with Crippen molar-refractivity contribution in [3.05, 3.63) is 64.1 Å². The van der Waals surface area contributed by atoms with Crippen LogP contribution in [0.4, 0.5) is 5.69 Å². The lowest BCUT2D eigenvalue weighted by molar-refractivity contribution is -0.121. The quantitative estimate of drug-likeness (QED) is 0.705. The van der Waals surface area contributed by atoms with E-state index in [2.05, 4.69) is 10.6 Å². The number of rotatable bonds is 1. The molecule has 1 fully saturated rings. The van der Waals surface area contributed by atoms with Crippen LogP contribution in [0.1, 0.15) is 23.6 Å². The molecule has 2 aromatic carbocycles. The first kappa shape index (κ1) is 15.4. The van der Waals surface area contributed by atoms with Crippen LogP contribution in [-0.2, 0) is 24.3 Å². The van der Waals surface area contributed by atoms with Gasteiger partial charge in [-0.2, -0.15) is 0 Å². The van der Waals surface area contributed by atoms with Crippen molar-refractivity contribution in [2.24, 2.45) is 14.1 Å². The number of carbonyl (C=O) groups is 1. The highest BCUT2D eigenvalue weighted by atomic mass is 16.2. The van der Waals surface area contributed by atoms with Gasteiger partial charge in [-0.3, -0.25) is 13.9 Å². The highest BCUT2D eigenvalue weighted by Crippen LogP contribution is 2.51. The van der Waals surface area contributed by atoms with Gasteiger partial charge in [0.25, 0.3) is 0 Å². The van der Waals surface area contributed by atoms with Crippen LogP contribution in [0.3, 0.4) is 0 Å². The normalized spacial score (nSPS) is 24.4. The van der Waals surface area contributed by atoms with Crippen molar-refractivity contribution >= 4 is 22.6 Å². The molecular formula is C20H20N4O2. The van der Waals surface area contributed by atoms with Gasteiger partial charge in [0, 0.05) is 19.8 Å². The zero-order valence-corrected chi connectivity index (χ0v) is 14.7. The Bertz CT molecular complexity index is 1130. The Morgan fingerprint density at radius 1 is 1.04 bits per heavy atom. The largest absolute Gasteiger partial charge is 0.328 e. The average molecular weight is 348 g/mol. The molecule has 5 rings (SSSR count). The Morgan fingerprint density at radius 3 is 2.65 bits per heavy atom. The molecule has 0 bridgehead atoms. The number of amides is 1. The van der Waals surface area contributed by atoms with Crippen molar-refractivity contribution in [3.8, 4) is 0 Å². The number of nitrogens with one attached hydrogen (secondary N) is 2. The minimum Gasteiger partial charge on any atom is -0.325 e. The van der Waals surface area contributed by atoms with E-state index in [0.29, 0.717) is 0 Å². The fourth-order valence-electron chi connectivity index (χ4n) is 4.71. The van der Waals surface area contributed by atoms with Gasteiger partial charge in [0.05, 0.1) is 22.5 Å². The summed E-state index contributed by atoms with van der Waals surface area (Å²) in [5.41, 5.74) is 4.12. The molecular weight excluding hydrogens is 328 g/mol. The lowest BCUT2D eigenvalue weighted by Gasteiger charge is -2.29. The zero-order chi connectivity index (χ0) is 18.1. The number of carbonyl (C=O) groups excluding carboxylic acids is 1. The molecule has 0 unspecified atom stereocenters. The number of hydrogen-bond acceptors (Lipinski definition) is 3.